The smallest absolute Gasteiger partial charge is 0.315 e. The van der Waals surface area contributed by atoms with Crippen molar-refractivity contribution in [3.8, 4) is 0 Å². The first kappa shape index (κ1) is 15.2. The summed E-state index contributed by atoms with van der Waals surface area (Å²) in [6.45, 7) is 4.18. The van der Waals surface area contributed by atoms with E-state index in [1.165, 1.54) is 0 Å². The third-order valence-electron chi connectivity index (χ3n) is 1.87. The van der Waals surface area contributed by atoms with Crippen LogP contribution in [0.5, 0.6) is 0 Å². The van der Waals surface area contributed by atoms with E-state index in [4.69, 9.17) is 5.11 Å². The van der Waals surface area contributed by atoms with Crippen LogP contribution in [0.25, 0.3) is 0 Å². The number of urea groups is 1. The first-order valence-electron chi connectivity index (χ1n) is 5.48. The van der Waals surface area contributed by atoms with Gasteiger partial charge in [-0.05, 0) is 13.8 Å². The Bertz CT molecular complexity index is 281. The van der Waals surface area contributed by atoms with Crippen LogP contribution in [0.3, 0.4) is 0 Å². The van der Waals surface area contributed by atoms with Crippen LogP contribution < -0.4 is 16.0 Å². The molecule has 0 aromatic heterocycles. The minimum atomic E-state index is -0.972. The Morgan fingerprint density at radius 2 is 1.88 bits per heavy atom. The third-order valence-corrected chi connectivity index (χ3v) is 1.87. The normalized spacial score (nSPS) is 11.4. The summed E-state index contributed by atoms with van der Waals surface area (Å²) in [7, 11) is 0. The lowest BCUT2D eigenvalue weighted by molar-refractivity contribution is -0.137. The number of hydrogen-bond donors (Lipinski definition) is 4. The minimum Gasteiger partial charge on any atom is -0.481 e. The Hall–Kier alpha value is -1.79. The van der Waals surface area contributed by atoms with Crippen LogP contribution in [-0.2, 0) is 9.59 Å². The molecule has 0 aliphatic heterocycles. The standard InChI is InChI=1S/C10H19N3O4/c1-3-11-8(14)4-5-12-10(17)13-7(2)6-9(15)16/h7H,3-6H2,1-2H3,(H,11,14)(H,15,16)(H2,12,13,17). The number of rotatable bonds is 7. The topological polar surface area (TPSA) is 108 Å². The predicted octanol–water partition coefficient (Wildman–Crippen LogP) is -0.325. The molecule has 17 heavy (non-hydrogen) atoms. The molecule has 4 N–H and O–H groups in total. The fourth-order valence-electron chi connectivity index (χ4n) is 1.16. The fraction of sp³-hybridized carbons (Fsp3) is 0.700. The van der Waals surface area contributed by atoms with Gasteiger partial charge in [-0.1, -0.05) is 0 Å². The number of nitrogens with one attached hydrogen (secondary N) is 3. The van der Waals surface area contributed by atoms with E-state index in [9.17, 15) is 14.4 Å². The molecule has 1 atom stereocenters. The second-order valence-electron chi connectivity index (χ2n) is 3.60. The SMILES string of the molecule is CCNC(=O)CCNC(=O)NC(C)CC(=O)O. The van der Waals surface area contributed by atoms with Crippen molar-refractivity contribution in [1.82, 2.24) is 16.0 Å². The molecule has 7 heteroatoms. The lowest BCUT2D eigenvalue weighted by Crippen LogP contribution is -2.42. The minimum absolute atomic E-state index is 0.133. The molecule has 0 heterocycles. The summed E-state index contributed by atoms with van der Waals surface area (Å²) in [6, 6.07) is -0.917. The largest absolute Gasteiger partial charge is 0.481 e. The number of aliphatic carboxylic acids is 1. The van der Waals surface area contributed by atoms with Crippen LogP contribution >= 0.6 is 0 Å². The first-order chi connectivity index (χ1) is 7.95. The summed E-state index contributed by atoms with van der Waals surface area (Å²) in [5.41, 5.74) is 0. The zero-order chi connectivity index (χ0) is 13.3. The zero-order valence-electron chi connectivity index (χ0n) is 10.1. The van der Waals surface area contributed by atoms with Crippen LogP contribution in [0.4, 0.5) is 4.79 Å². The van der Waals surface area contributed by atoms with Gasteiger partial charge in [0.05, 0.1) is 6.42 Å². The monoisotopic (exact) mass is 245 g/mol. The second-order valence-corrected chi connectivity index (χ2v) is 3.60. The Morgan fingerprint density at radius 1 is 1.24 bits per heavy atom. The Balaban J connectivity index is 3.65. The molecule has 0 aliphatic rings. The van der Waals surface area contributed by atoms with E-state index in [1.54, 1.807) is 6.92 Å². The molecule has 0 aliphatic carbocycles. The van der Waals surface area contributed by atoms with Gasteiger partial charge in [0.1, 0.15) is 0 Å². The molecule has 1 unspecified atom stereocenters. The summed E-state index contributed by atoms with van der Waals surface area (Å²) in [6.07, 6.45) is 0.0678. The molecule has 0 bridgehead atoms. The number of carboxylic acids is 1. The average molecular weight is 245 g/mol. The maximum Gasteiger partial charge on any atom is 0.315 e. The average Bonchev–Trinajstić information content (AvgIpc) is 2.16. The quantitative estimate of drug-likeness (QED) is 0.492. The van der Waals surface area contributed by atoms with E-state index >= 15 is 0 Å². The highest BCUT2D eigenvalue weighted by Crippen LogP contribution is 1.89. The number of hydrogen-bond acceptors (Lipinski definition) is 3. The predicted molar refractivity (Wildman–Crippen MR) is 61.5 cm³/mol. The molecule has 0 spiro atoms. The van der Waals surface area contributed by atoms with Crippen LogP contribution in [0.2, 0.25) is 0 Å². The molecule has 0 rings (SSSR count). The lowest BCUT2D eigenvalue weighted by atomic mass is 10.2. The maximum absolute atomic E-state index is 11.2. The van der Waals surface area contributed by atoms with Gasteiger partial charge in [-0.3, -0.25) is 9.59 Å². The van der Waals surface area contributed by atoms with E-state index in [0.717, 1.165) is 0 Å². The highest BCUT2D eigenvalue weighted by atomic mass is 16.4. The summed E-state index contributed by atoms with van der Waals surface area (Å²) < 4.78 is 0. The van der Waals surface area contributed by atoms with E-state index < -0.39 is 18.0 Å². The maximum atomic E-state index is 11.2. The number of carbonyl (C=O) groups is 3. The third kappa shape index (κ3) is 9.16. The molecular weight excluding hydrogens is 226 g/mol. The van der Waals surface area contributed by atoms with E-state index in [1.807, 2.05) is 6.92 Å². The molecule has 7 nitrogen and oxygen atoms in total. The van der Waals surface area contributed by atoms with E-state index in [0.29, 0.717) is 6.54 Å². The van der Waals surface area contributed by atoms with Gasteiger partial charge in [0, 0.05) is 25.6 Å². The molecule has 3 amide bonds. The van der Waals surface area contributed by atoms with Gasteiger partial charge in [0.2, 0.25) is 5.91 Å². The van der Waals surface area contributed by atoms with Crippen molar-refractivity contribution < 1.29 is 19.5 Å². The summed E-state index contributed by atoms with van der Waals surface area (Å²) in [5, 5.41) is 16.0. The van der Waals surface area contributed by atoms with Gasteiger partial charge in [0.25, 0.3) is 0 Å². The molecule has 0 radical (unpaired) electrons. The highest BCUT2D eigenvalue weighted by molar-refractivity contribution is 5.78. The lowest BCUT2D eigenvalue weighted by Gasteiger charge is -2.12. The van der Waals surface area contributed by atoms with Gasteiger partial charge >= 0.3 is 12.0 Å². The molecule has 0 fully saturated rings. The first-order valence-corrected chi connectivity index (χ1v) is 5.48. The summed E-state index contributed by atoms with van der Waals surface area (Å²) >= 11 is 0. The van der Waals surface area contributed by atoms with E-state index in [2.05, 4.69) is 16.0 Å². The summed E-state index contributed by atoms with van der Waals surface area (Å²) in [5.74, 6) is -1.11. The van der Waals surface area contributed by atoms with Gasteiger partial charge in [-0.25, -0.2) is 4.79 Å². The molecule has 0 saturated heterocycles. The highest BCUT2D eigenvalue weighted by Gasteiger charge is 2.10. The number of carboxylic acid groups (broad SMARTS) is 1. The number of amides is 3. The molecule has 0 aromatic rings. The second kappa shape index (κ2) is 8.37. The Morgan fingerprint density at radius 3 is 2.41 bits per heavy atom. The van der Waals surface area contributed by atoms with Crippen molar-refractivity contribution in [3.05, 3.63) is 0 Å². The van der Waals surface area contributed by atoms with Crippen molar-refractivity contribution in [2.45, 2.75) is 32.7 Å². The summed E-state index contributed by atoms with van der Waals surface area (Å²) in [4.78, 5) is 32.6. The van der Waals surface area contributed by atoms with Crippen molar-refractivity contribution in [2.24, 2.45) is 0 Å². The Labute approximate surface area is 100.0 Å². The van der Waals surface area contributed by atoms with Crippen LogP contribution in [0.1, 0.15) is 26.7 Å². The number of carbonyl (C=O) groups excluding carboxylic acids is 2. The van der Waals surface area contributed by atoms with Crippen molar-refractivity contribution >= 4 is 17.9 Å². The molecule has 98 valence electrons. The van der Waals surface area contributed by atoms with Crippen LogP contribution in [0, 0.1) is 0 Å². The molecular formula is C10H19N3O4. The van der Waals surface area contributed by atoms with Gasteiger partial charge in [-0.15, -0.1) is 0 Å². The fourth-order valence-corrected chi connectivity index (χ4v) is 1.16. The van der Waals surface area contributed by atoms with Crippen LogP contribution in [0.15, 0.2) is 0 Å². The van der Waals surface area contributed by atoms with Crippen LogP contribution in [-0.4, -0.2) is 42.1 Å². The molecule has 0 saturated carbocycles. The van der Waals surface area contributed by atoms with Crippen molar-refractivity contribution in [3.63, 3.8) is 0 Å². The van der Waals surface area contributed by atoms with E-state index in [-0.39, 0.29) is 25.3 Å². The zero-order valence-corrected chi connectivity index (χ0v) is 10.1. The van der Waals surface area contributed by atoms with Gasteiger partial charge < -0.3 is 21.1 Å². The Kier molecular flexibility index (Phi) is 7.49. The van der Waals surface area contributed by atoms with Gasteiger partial charge in [0.15, 0.2) is 0 Å². The van der Waals surface area contributed by atoms with Crippen molar-refractivity contribution in [2.75, 3.05) is 13.1 Å². The van der Waals surface area contributed by atoms with Gasteiger partial charge in [-0.2, -0.15) is 0 Å². The van der Waals surface area contributed by atoms with Crippen molar-refractivity contribution in [1.29, 1.82) is 0 Å². The molecule has 0 aromatic carbocycles.